The monoisotopic (exact) mass is 225 g/mol. The van der Waals surface area contributed by atoms with Gasteiger partial charge in [0.25, 0.3) is 0 Å². The SMILES string of the molecule is CCC(O)c1cc(Cl)c2c(c1)CC(=O)N2. The lowest BCUT2D eigenvalue weighted by molar-refractivity contribution is -0.115. The van der Waals surface area contributed by atoms with E-state index in [4.69, 9.17) is 11.6 Å². The van der Waals surface area contributed by atoms with Crippen LogP contribution in [0.15, 0.2) is 12.1 Å². The molecule has 2 rings (SSSR count). The van der Waals surface area contributed by atoms with Crippen molar-refractivity contribution in [2.75, 3.05) is 5.32 Å². The number of hydrogen-bond donors (Lipinski definition) is 2. The van der Waals surface area contributed by atoms with Gasteiger partial charge in [-0.1, -0.05) is 24.6 Å². The number of rotatable bonds is 2. The minimum absolute atomic E-state index is 0.0463. The summed E-state index contributed by atoms with van der Waals surface area (Å²) >= 11 is 6.02. The van der Waals surface area contributed by atoms with Crippen LogP contribution in [0.25, 0.3) is 0 Å². The Morgan fingerprint density at radius 3 is 3.00 bits per heavy atom. The van der Waals surface area contributed by atoms with Gasteiger partial charge in [-0.25, -0.2) is 0 Å². The van der Waals surface area contributed by atoms with Gasteiger partial charge in [0.1, 0.15) is 0 Å². The summed E-state index contributed by atoms with van der Waals surface area (Å²) in [5.74, 6) is -0.0463. The molecule has 0 bridgehead atoms. The first-order chi connectivity index (χ1) is 7.11. The summed E-state index contributed by atoms with van der Waals surface area (Å²) in [6, 6.07) is 3.55. The fourth-order valence-corrected chi connectivity index (χ4v) is 2.05. The summed E-state index contributed by atoms with van der Waals surface area (Å²) in [4.78, 5) is 11.2. The molecule has 0 radical (unpaired) electrons. The Labute approximate surface area is 93.1 Å². The van der Waals surface area contributed by atoms with Crippen molar-refractivity contribution in [3.05, 3.63) is 28.3 Å². The van der Waals surface area contributed by atoms with Gasteiger partial charge in [-0.15, -0.1) is 0 Å². The average Bonchev–Trinajstić information content (AvgIpc) is 2.58. The molecule has 1 heterocycles. The van der Waals surface area contributed by atoms with Crippen LogP contribution in [0.5, 0.6) is 0 Å². The molecule has 1 aromatic carbocycles. The maximum Gasteiger partial charge on any atom is 0.228 e. The van der Waals surface area contributed by atoms with Gasteiger partial charge in [-0.05, 0) is 23.6 Å². The Bertz CT molecular complexity index is 417. The number of halogens is 1. The van der Waals surface area contributed by atoms with Crippen molar-refractivity contribution >= 4 is 23.2 Å². The molecule has 0 fully saturated rings. The first-order valence-corrected chi connectivity index (χ1v) is 5.30. The summed E-state index contributed by atoms with van der Waals surface area (Å²) in [6.07, 6.45) is 0.471. The van der Waals surface area contributed by atoms with Crippen LogP contribution in [-0.2, 0) is 11.2 Å². The number of nitrogens with one attached hydrogen (secondary N) is 1. The molecule has 0 aromatic heterocycles. The molecular formula is C11H12ClNO2. The highest BCUT2D eigenvalue weighted by atomic mass is 35.5. The van der Waals surface area contributed by atoms with Gasteiger partial charge < -0.3 is 10.4 Å². The summed E-state index contributed by atoms with van der Waals surface area (Å²) in [7, 11) is 0. The number of anilines is 1. The van der Waals surface area contributed by atoms with Gasteiger partial charge in [-0.2, -0.15) is 0 Å². The van der Waals surface area contributed by atoms with Crippen molar-refractivity contribution in [3.8, 4) is 0 Å². The van der Waals surface area contributed by atoms with Crippen molar-refractivity contribution in [1.82, 2.24) is 0 Å². The second-order valence-corrected chi connectivity index (χ2v) is 4.09. The highest BCUT2D eigenvalue weighted by molar-refractivity contribution is 6.34. The summed E-state index contributed by atoms with van der Waals surface area (Å²) in [5, 5.41) is 12.9. The van der Waals surface area contributed by atoms with Crippen molar-refractivity contribution in [2.45, 2.75) is 25.9 Å². The summed E-state index contributed by atoms with van der Waals surface area (Å²) < 4.78 is 0. The largest absolute Gasteiger partial charge is 0.388 e. The normalized spacial score (nSPS) is 16.1. The Hall–Kier alpha value is -1.06. The Kier molecular flexibility index (Phi) is 2.67. The van der Waals surface area contributed by atoms with Gasteiger partial charge in [0.05, 0.1) is 23.2 Å². The molecule has 3 nitrogen and oxygen atoms in total. The lowest BCUT2D eigenvalue weighted by atomic mass is 10.0. The molecule has 1 aliphatic rings. The molecule has 0 spiro atoms. The molecule has 0 saturated carbocycles. The highest BCUT2D eigenvalue weighted by Crippen LogP contribution is 2.34. The Balaban J connectivity index is 2.44. The molecule has 1 unspecified atom stereocenters. The lowest BCUT2D eigenvalue weighted by Crippen LogP contribution is -2.03. The Morgan fingerprint density at radius 1 is 1.60 bits per heavy atom. The van der Waals surface area contributed by atoms with Gasteiger partial charge in [-0.3, -0.25) is 4.79 Å². The van der Waals surface area contributed by atoms with Crippen LogP contribution in [0.1, 0.15) is 30.6 Å². The maximum atomic E-state index is 11.2. The number of fused-ring (bicyclic) bond motifs is 1. The van der Waals surface area contributed by atoms with Crippen molar-refractivity contribution in [1.29, 1.82) is 0 Å². The number of aliphatic hydroxyl groups is 1. The highest BCUT2D eigenvalue weighted by Gasteiger charge is 2.22. The molecule has 1 amide bonds. The fraction of sp³-hybridized carbons (Fsp3) is 0.364. The predicted octanol–water partition coefficient (Wildman–Crippen LogP) is 2.28. The van der Waals surface area contributed by atoms with E-state index in [0.29, 0.717) is 23.6 Å². The molecule has 15 heavy (non-hydrogen) atoms. The third-order valence-electron chi connectivity index (χ3n) is 2.58. The summed E-state index contributed by atoms with van der Waals surface area (Å²) in [6.45, 7) is 1.90. The van der Waals surface area contributed by atoms with Crippen LogP contribution in [-0.4, -0.2) is 11.0 Å². The third kappa shape index (κ3) is 1.85. The number of carbonyl (C=O) groups excluding carboxylic acids is 1. The molecule has 1 aliphatic heterocycles. The van der Waals surface area contributed by atoms with E-state index >= 15 is 0 Å². The lowest BCUT2D eigenvalue weighted by Gasteiger charge is -2.11. The van der Waals surface area contributed by atoms with Crippen LogP contribution in [0.2, 0.25) is 5.02 Å². The van der Waals surface area contributed by atoms with E-state index in [1.54, 1.807) is 6.07 Å². The molecule has 1 atom stereocenters. The number of carbonyl (C=O) groups is 1. The fourth-order valence-electron chi connectivity index (χ4n) is 1.75. The Morgan fingerprint density at radius 2 is 2.33 bits per heavy atom. The maximum absolute atomic E-state index is 11.2. The smallest absolute Gasteiger partial charge is 0.228 e. The molecule has 0 saturated heterocycles. The molecule has 0 aliphatic carbocycles. The predicted molar refractivity (Wildman–Crippen MR) is 59.0 cm³/mol. The van der Waals surface area contributed by atoms with E-state index in [1.807, 2.05) is 13.0 Å². The second-order valence-electron chi connectivity index (χ2n) is 3.69. The molecule has 1 aromatic rings. The van der Waals surface area contributed by atoms with Crippen molar-refractivity contribution in [2.24, 2.45) is 0 Å². The van der Waals surface area contributed by atoms with Crippen LogP contribution < -0.4 is 5.32 Å². The van der Waals surface area contributed by atoms with Crippen LogP contribution in [0, 0.1) is 0 Å². The van der Waals surface area contributed by atoms with Gasteiger partial charge in [0.15, 0.2) is 0 Å². The van der Waals surface area contributed by atoms with Crippen LogP contribution in [0.3, 0.4) is 0 Å². The van der Waals surface area contributed by atoms with Crippen LogP contribution >= 0.6 is 11.6 Å². The number of benzene rings is 1. The van der Waals surface area contributed by atoms with E-state index in [1.165, 1.54) is 0 Å². The van der Waals surface area contributed by atoms with Gasteiger partial charge >= 0.3 is 0 Å². The zero-order valence-electron chi connectivity index (χ0n) is 8.38. The zero-order chi connectivity index (χ0) is 11.0. The number of hydrogen-bond acceptors (Lipinski definition) is 2. The van der Waals surface area contributed by atoms with Crippen molar-refractivity contribution < 1.29 is 9.90 Å². The first-order valence-electron chi connectivity index (χ1n) is 4.92. The van der Waals surface area contributed by atoms with Crippen molar-refractivity contribution in [3.63, 3.8) is 0 Å². The number of aliphatic hydroxyl groups excluding tert-OH is 1. The zero-order valence-corrected chi connectivity index (χ0v) is 9.14. The molecule has 2 N–H and O–H groups in total. The van der Waals surface area contributed by atoms with Crippen LogP contribution in [0.4, 0.5) is 5.69 Å². The van der Waals surface area contributed by atoms with Gasteiger partial charge in [0, 0.05) is 0 Å². The minimum Gasteiger partial charge on any atom is -0.388 e. The second kappa shape index (κ2) is 3.83. The van der Waals surface area contributed by atoms with E-state index in [9.17, 15) is 9.90 Å². The molecule has 4 heteroatoms. The quantitative estimate of drug-likeness (QED) is 0.811. The number of amides is 1. The van der Waals surface area contributed by atoms with E-state index in [-0.39, 0.29) is 5.91 Å². The minimum atomic E-state index is -0.511. The van der Waals surface area contributed by atoms with E-state index in [2.05, 4.69) is 5.32 Å². The van der Waals surface area contributed by atoms with E-state index < -0.39 is 6.10 Å². The molecular weight excluding hydrogens is 214 g/mol. The first kappa shape index (κ1) is 10.5. The average molecular weight is 226 g/mol. The molecule has 80 valence electrons. The van der Waals surface area contributed by atoms with Gasteiger partial charge in [0.2, 0.25) is 5.91 Å². The van der Waals surface area contributed by atoms with E-state index in [0.717, 1.165) is 11.1 Å². The third-order valence-corrected chi connectivity index (χ3v) is 2.88. The summed E-state index contributed by atoms with van der Waals surface area (Å²) in [5.41, 5.74) is 2.33. The topological polar surface area (TPSA) is 49.3 Å². The standard InChI is InChI=1S/C11H12ClNO2/c1-2-9(14)6-3-7-5-10(15)13-11(7)8(12)4-6/h3-4,9,14H,2,5H2,1H3,(H,13,15).